The van der Waals surface area contributed by atoms with Crippen LogP contribution in [0.2, 0.25) is 0 Å². The van der Waals surface area contributed by atoms with Crippen molar-refractivity contribution in [3.63, 3.8) is 0 Å². The number of rotatable bonds is 10. The molecular weight excluding hydrogens is 510 g/mol. The Bertz CT molecular complexity index is 1120. The van der Waals surface area contributed by atoms with Crippen molar-refractivity contribution in [1.29, 1.82) is 0 Å². The Hall–Kier alpha value is -2.75. The summed E-state index contributed by atoms with van der Waals surface area (Å²) in [5.74, 6) is 0.250. The van der Waals surface area contributed by atoms with Crippen molar-refractivity contribution in [3.05, 3.63) is 71.4 Å². The maximum atomic E-state index is 12.5. The van der Waals surface area contributed by atoms with Crippen LogP contribution in [-0.4, -0.2) is 63.6 Å². The number of allylic oxidation sites excluding steroid dienone is 8. The van der Waals surface area contributed by atoms with Crippen LogP contribution in [0.3, 0.4) is 0 Å². The fraction of sp³-hybridized carbons (Fsp3) is 0.531. The first kappa shape index (κ1) is 31.8. The number of benzene rings is 1. The number of ether oxygens (including phenoxy) is 2. The Morgan fingerprint density at radius 3 is 2.52 bits per heavy atom. The molecule has 0 bridgehead atoms. The topological polar surface area (TPSA) is 128 Å². The van der Waals surface area contributed by atoms with Crippen LogP contribution >= 0.6 is 0 Å². The molecule has 0 aromatic heterocycles. The van der Waals surface area contributed by atoms with Gasteiger partial charge in [-0.05, 0) is 74.3 Å². The Morgan fingerprint density at radius 1 is 1.18 bits per heavy atom. The molecule has 0 saturated carbocycles. The normalized spacial score (nSPS) is 28.2. The van der Waals surface area contributed by atoms with Crippen molar-refractivity contribution in [2.24, 2.45) is 11.3 Å². The van der Waals surface area contributed by atoms with E-state index in [4.69, 9.17) is 9.47 Å². The lowest BCUT2D eigenvalue weighted by molar-refractivity contribution is -0.277. The van der Waals surface area contributed by atoms with Crippen LogP contribution < -0.4 is 10.1 Å². The van der Waals surface area contributed by atoms with Gasteiger partial charge < -0.3 is 35.2 Å². The molecule has 6 atom stereocenters. The van der Waals surface area contributed by atoms with E-state index in [1.165, 1.54) is 30.4 Å². The summed E-state index contributed by atoms with van der Waals surface area (Å²) in [5.41, 5.74) is 4.87. The van der Waals surface area contributed by atoms with Crippen molar-refractivity contribution < 1.29 is 34.7 Å². The molecule has 1 aliphatic carbocycles. The van der Waals surface area contributed by atoms with Gasteiger partial charge in [-0.15, -0.1) is 0 Å². The number of hydrogen-bond donors (Lipinski definition) is 5. The molecule has 2 aliphatic rings. The summed E-state index contributed by atoms with van der Waals surface area (Å²) in [6.45, 7) is 10.4. The van der Waals surface area contributed by atoms with E-state index in [1.54, 1.807) is 24.3 Å². The zero-order chi connectivity index (χ0) is 29.4. The van der Waals surface area contributed by atoms with Crippen LogP contribution in [0.5, 0.6) is 5.75 Å². The van der Waals surface area contributed by atoms with Crippen molar-refractivity contribution in [2.45, 2.75) is 91.0 Å². The monoisotopic (exact) mass is 555 g/mol. The minimum absolute atomic E-state index is 0.0454. The lowest BCUT2D eigenvalue weighted by Gasteiger charge is -2.39. The van der Waals surface area contributed by atoms with Crippen molar-refractivity contribution in [2.75, 3.05) is 11.9 Å². The molecule has 1 aromatic carbocycles. The highest BCUT2D eigenvalue weighted by atomic mass is 16.7. The number of anilines is 1. The third-order valence-corrected chi connectivity index (χ3v) is 7.60. The van der Waals surface area contributed by atoms with Gasteiger partial charge in [-0.1, -0.05) is 62.3 Å². The number of nitrogens with one attached hydrogen (secondary N) is 1. The molecule has 40 heavy (non-hydrogen) atoms. The average Bonchev–Trinajstić information content (AvgIpc) is 2.89. The standard InChI is InChI=1S/C32H45NO7/c1-20(11-16-25-22(3)10-7-17-32(25,4)5)8-6-9-21(2)18-27(35)33-23-12-14-24(15-13-23)39-31-30(38)29(37)28(36)26(19-34)40-31/h6,8-9,11-16,21,26,28-31,34,36-38H,7,10,17-19H2,1-5H3,(H,33,35)/b9-6+,16-11+,20-8+/t21?,26-,28+,29+,30-,31-/m0/s1. The zero-order valence-corrected chi connectivity index (χ0v) is 24.2. The van der Waals surface area contributed by atoms with Gasteiger partial charge in [0.05, 0.1) is 6.61 Å². The summed E-state index contributed by atoms with van der Waals surface area (Å²) in [6.07, 6.45) is 7.68. The van der Waals surface area contributed by atoms with Gasteiger partial charge in [-0.2, -0.15) is 0 Å². The number of aliphatic hydroxyl groups is 4. The first-order valence-electron chi connectivity index (χ1n) is 14.0. The molecule has 8 heteroatoms. The predicted molar refractivity (Wildman–Crippen MR) is 156 cm³/mol. The summed E-state index contributed by atoms with van der Waals surface area (Å²) in [6, 6.07) is 6.49. The number of carbonyl (C=O) groups excluding carboxylic acids is 1. The van der Waals surface area contributed by atoms with Gasteiger partial charge in [0.15, 0.2) is 0 Å². The van der Waals surface area contributed by atoms with Gasteiger partial charge in [0.2, 0.25) is 12.2 Å². The molecule has 1 aromatic rings. The van der Waals surface area contributed by atoms with E-state index < -0.39 is 37.3 Å². The molecule has 3 rings (SSSR count). The van der Waals surface area contributed by atoms with Crippen LogP contribution in [0, 0.1) is 11.3 Å². The van der Waals surface area contributed by atoms with Crippen molar-refractivity contribution in [3.8, 4) is 5.75 Å². The summed E-state index contributed by atoms with van der Waals surface area (Å²) < 4.78 is 10.9. The van der Waals surface area contributed by atoms with Crippen molar-refractivity contribution in [1.82, 2.24) is 0 Å². The Morgan fingerprint density at radius 2 is 1.88 bits per heavy atom. The second-order valence-corrected chi connectivity index (χ2v) is 11.6. The quantitative estimate of drug-likeness (QED) is 0.271. The largest absolute Gasteiger partial charge is 0.462 e. The minimum atomic E-state index is -1.52. The number of carbonyl (C=O) groups is 1. The molecule has 220 valence electrons. The van der Waals surface area contributed by atoms with Crippen LogP contribution in [-0.2, 0) is 9.53 Å². The van der Waals surface area contributed by atoms with Gasteiger partial charge in [0.1, 0.15) is 30.2 Å². The smallest absolute Gasteiger partial charge is 0.229 e. The molecule has 1 heterocycles. The minimum Gasteiger partial charge on any atom is -0.462 e. The van der Waals surface area contributed by atoms with Crippen molar-refractivity contribution >= 4 is 11.6 Å². The number of amides is 1. The zero-order valence-electron chi connectivity index (χ0n) is 24.2. The first-order chi connectivity index (χ1) is 18.9. The van der Waals surface area contributed by atoms with Gasteiger partial charge in [-0.25, -0.2) is 0 Å². The SMILES string of the molecule is CC1=C(/C=C/C(C)=C/C=C/C(C)CC(=O)Nc2ccc(O[C@H]3O[C@@H](CO)[C@@H](O)[C@@H](O)[C@@H]3O)cc2)C(C)(C)CCC1. The summed E-state index contributed by atoms with van der Waals surface area (Å²) >= 11 is 0. The van der Waals surface area contributed by atoms with E-state index in [2.05, 4.69) is 51.2 Å². The van der Waals surface area contributed by atoms with E-state index >= 15 is 0 Å². The molecule has 1 amide bonds. The summed E-state index contributed by atoms with van der Waals surface area (Å²) in [4.78, 5) is 12.5. The molecule has 1 aliphatic heterocycles. The van der Waals surface area contributed by atoms with E-state index in [9.17, 15) is 25.2 Å². The Labute approximate surface area is 237 Å². The van der Waals surface area contributed by atoms with Crippen LogP contribution in [0.4, 0.5) is 5.69 Å². The third kappa shape index (κ3) is 8.62. The third-order valence-electron chi connectivity index (χ3n) is 7.60. The second-order valence-electron chi connectivity index (χ2n) is 11.6. The summed E-state index contributed by atoms with van der Waals surface area (Å²) in [7, 11) is 0. The molecule has 5 N–H and O–H groups in total. The molecule has 1 fully saturated rings. The van der Waals surface area contributed by atoms with E-state index in [0.717, 1.165) is 5.57 Å². The highest BCUT2D eigenvalue weighted by molar-refractivity contribution is 5.91. The van der Waals surface area contributed by atoms with E-state index in [0.29, 0.717) is 17.9 Å². The molecule has 1 saturated heterocycles. The fourth-order valence-electron chi connectivity index (χ4n) is 5.17. The van der Waals surface area contributed by atoms with Gasteiger partial charge in [0.25, 0.3) is 0 Å². The van der Waals surface area contributed by atoms with Crippen LogP contribution in [0.25, 0.3) is 0 Å². The van der Waals surface area contributed by atoms with E-state index in [-0.39, 0.29) is 17.2 Å². The molecule has 0 radical (unpaired) electrons. The highest BCUT2D eigenvalue weighted by Gasteiger charge is 2.44. The summed E-state index contributed by atoms with van der Waals surface area (Å²) in [5, 5.41) is 42.1. The molecule has 0 spiro atoms. The highest BCUT2D eigenvalue weighted by Crippen LogP contribution is 2.40. The molecular formula is C32H45NO7. The van der Waals surface area contributed by atoms with Crippen LogP contribution in [0.15, 0.2) is 71.4 Å². The van der Waals surface area contributed by atoms with Gasteiger partial charge >= 0.3 is 0 Å². The second kappa shape index (κ2) is 14.2. The molecule has 1 unspecified atom stereocenters. The number of aliphatic hydroxyl groups excluding tert-OH is 4. The molecule has 8 nitrogen and oxygen atoms in total. The maximum absolute atomic E-state index is 12.5. The lowest BCUT2D eigenvalue weighted by Crippen LogP contribution is -2.60. The van der Waals surface area contributed by atoms with Gasteiger partial charge in [0, 0.05) is 12.1 Å². The van der Waals surface area contributed by atoms with Gasteiger partial charge in [-0.3, -0.25) is 4.79 Å². The first-order valence-corrected chi connectivity index (χ1v) is 14.0. The van der Waals surface area contributed by atoms with Crippen LogP contribution in [0.1, 0.15) is 60.3 Å². The maximum Gasteiger partial charge on any atom is 0.229 e. The predicted octanol–water partition coefficient (Wildman–Crippen LogP) is 4.42. The Kier molecular flexibility index (Phi) is 11.3. The fourth-order valence-corrected chi connectivity index (χ4v) is 5.17. The Balaban J connectivity index is 1.47. The number of hydrogen-bond acceptors (Lipinski definition) is 7. The lowest BCUT2D eigenvalue weighted by atomic mass is 9.72. The van der Waals surface area contributed by atoms with E-state index in [1.807, 2.05) is 19.1 Å². The average molecular weight is 556 g/mol.